The van der Waals surface area contributed by atoms with Gasteiger partial charge in [0.15, 0.2) is 0 Å². The number of benzene rings is 1. The van der Waals surface area contributed by atoms with Gasteiger partial charge in [-0.2, -0.15) is 0 Å². The molecular formula is C15H22. The van der Waals surface area contributed by atoms with Gasteiger partial charge in [0.1, 0.15) is 0 Å². The third kappa shape index (κ3) is 1.71. The van der Waals surface area contributed by atoms with Crippen molar-refractivity contribution in [2.45, 2.75) is 46.0 Å². The van der Waals surface area contributed by atoms with Crippen molar-refractivity contribution in [3.8, 4) is 0 Å². The third-order valence-electron chi connectivity index (χ3n) is 4.00. The molecule has 1 aliphatic rings. The third-order valence-corrected chi connectivity index (χ3v) is 4.00. The molecule has 0 aliphatic heterocycles. The van der Waals surface area contributed by atoms with Crippen molar-refractivity contribution in [3.63, 3.8) is 0 Å². The molecule has 0 N–H and O–H groups in total. The second-order valence-corrected chi connectivity index (χ2v) is 6.11. The van der Waals surface area contributed by atoms with Crippen molar-refractivity contribution in [2.75, 3.05) is 0 Å². The fourth-order valence-corrected chi connectivity index (χ4v) is 3.12. The normalized spacial score (nSPS) is 28.1. The molecule has 0 bridgehead atoms. The highest BCUT2D eigenvalue weighted by molar-refractivity contribution is 5.36. The van der Waals surface area contributed by atoms with Gasteiger partial charge in [0.2, 0.25) is 0 Å². The van der Waals surface area contributed by atoms with Crippen LogP contribution in [0, 0.1) is 11.3 Å². The van der Waals surface area contributed by atoms with Gasteiger partial charge in [-0.25, -0.2) is 0 Å². The minimum absolute atomic E-state index is 0.461. The molecule has 1 atom stereocenters. The summed E-state index contributed by atoms with van der Waals surface area (Å²) in [6.07, 6.45) is 2.67. The lowest BCUT2D eigenvalue weighted by Gasteiger charge is -2.23. The van der Waals surface area contributed by atoms with Crippen LogP contribution in [0.5, 0.6) is 0 Å². The summed E-state index contributed by atoms with van der Waals surface area (Å²) in [6.45, 7) is 9.48. The van der Waals surface area contributed by atoms with E-state index in [2.05, 4.69) is 58.0 Å². The van der Waals surface area contributed by atoms with E-state index in [1.165, 1.54) is 12.8 Å². The van der Waals surface area contributed by atoms with Crippen molar-refractivity contribution in [3.05, 3.63) is 35.9 Å². The number of rotatable bonds is 3. The Hall–Kier alpha value is -0.780. The molecule has 1 aliphatic carbocycles. The lowest BCUT2D eigenvalue weighted by atomic mass is 9.81. The second kappa shape index (κ2) is 3.37. The molecule has 1 aromatic rings. The van der Waals surface area contributed by atoms with Gasteiger partial charge in [-0.15, -0.1) is 0 Å². The summed E-state index contributed by atoms with van der Waals surface area (Å²) in [5.74, 6) is 0.784. The van der Waals surface area contributed by atoms with Gasteiger partial charge in [-0.3, -0.25) is 0 Å². The molecule has 0 heterocycles. The molecule has 0 aromatic heterocycles. The molecule has 2 rings (SSSR count). The van der Waals surface area contributed by atoms with E-state index in [1.54, 1.807) is 5.56 Å². The average molecular weight is 202 g/mol. The predicted molar refractivity (Wildman–Crippen MR) is 66.0 cm³/mol. The Morgan fingerprint density at radius 2 is 1.67 bits per heavy atom. The number of hydrogen-bond donors (Lipinski definition) is 0. The largest absolute Gasteiger partial charge is 0.0627 e. The number of hydrogen-bond acceptors (Lipinski definition) is 0. The molecule has 0 amide bonds. The summed E-state index contributed by atoms with van der Waals surface area (Å²) in [6, 6.07) is 11.1. The fraction of sp³-hybridized carbons (Fsp3) is 0.600. The van der Waals surface area contributed by atoms with Gasteiger partial charge < -0.3 is 0 Å². The molecule has 1 saturated carbocycles. The summed E-state index contributed by atoms with van der Waals surface area (Å²) in [5, 5.41) is 0. The zero-order valence-electron chi connectivity index (χ0n) is 10.4. The van der Waals surface area contributed by atoms with Crippen LogP contribution < -0.4 is 0 Å². The van der Waals surface area contributed by atoms with Crippen LogP contribution in [0.4, 0.5) is 0 Å². The first kappa shape index (κ1) is 10.7. The topological polar surface area (TPSA) is 0 Å². The van der Waals surface area contributed by atoms with Gasteiger partial charge in [0.05, 0.1) is 0 Å². The zero-order chi connectivity index (χ0) is 11.1. The smallest absolute Gasteiger partial charge is 0.00122 e. The summed E-state index contributed by atoms with van der Waals surface area (Å²) in [7, 11) is 0. The SMILES string of the molecule is CC(C)CC1(c2ccccc2)CC1(C)C. The van der Waals surface area contributed by atoms with E-state index < -0.39 is 0 Å². The first-order chi connectivity index (χ1) is 6.98. The van der Waals surface area contributed by atoms with E-state index in [0.717, 1.165) is 5.92 Å². The van der Waals surface area contributed by atoms with Gasteiger partial charge in [0, 0.05) is 5.41 Å². The maximum Gasteiger partial charge on any atom is 0.00122 e. The van der Waals surface area contributed by atoms with Crippen LogP contribution in [0.15, 0.2) is 30.3 Å². The highest BCUT2D eigenvalue weighted by Crippen LogP contribution is 2.67. The monoisotopic (exact) mass is 202 g/mol. The van der Waals surface area contributed by atoms with Crippen molar-refractivity contribution in [1.29, 1.82) is 0 Å². The molecule has 1 fully saturated rings. The molecule has 1 unspecified atom stereocenters. The standard InChI is InChI=1S/C15H22/c1-12(2)10-15(11-14(15,3)4)13-8-6-5-7-9-13/h5-9,12H,10-11H2,1-4H3. The Morgan fingerprint density at radius 1 is 1.13 bits per heavy atom. The van der Waals surface area contributed by atoms with Crippen LogP contribution in [0.1, 0.15) is 46.1 Å². The molecule has 0 nitrogen and oxygen atoms in total. The molecule has 0 heteroatoms. The molecule has 0 spiro atoms. The molecule has 0 saturated heterocycles. The van der Waals surface area contributed by atoms with E-state index in [9.17, 15) is 0 Å². The van der Waals surface area contributed by atoms with Gasteiger partial charge in [0.25, 0.3) is 0 Å². The molecule has 1 aromatic carbocycles. The van der Waals surface area contributed by atoms with Gasteiger partial charge >= 0.3 is 0 Å². The molecule has 0 radical (unpaired) electrons. The molecule has 82 valence electrons. The van der Waals surface area contributed by atoms with Crippen LogP contribution in [-0.4, -0.2) is 0 Å². The predicted octanol–water partition coefficient (Wildman–Crippen LogP) is 4.40. The Labute approximate surface area is 93.7 Å². The van der Waals surface area contributed by atoms with Crippen LogP contribution in [0.2, 0.25) is 0 Å². The minimum atomic E-state index is 0.461. The first-order valence-corrected chi connectivity index (χ1v) is 6.03. The molecule has 15 heavy (non-hydrogen) atoms. The average Bonchev–Trinajstić information content (AvgIpc) is 2.70. The van der Waals surface area contributed by atoms with Crippen molar-refractivity contribution in [2.24, 2.45) is 11.3 Å². The molecular weight excluding hydrogens is 180 g/mol. The lowest BCUT2D eigenvalue weighted by Crippen LogP contribution is -2.17. The van der Waals surface area contributed by atoms with E-state index in [-0.39, 0.29) is 0 Å². The summed E-state index contributed by atoms with van der Waals surface area (Å²) in [4.78, 5) is 0. The Morgan fingerprint density at radius 3 is 2.07 bits per heavy atom. The van der Waals surface area contributed by atoms with Crippen LogP contribution in [-0.2, 0) is 5.41 Å². The van der Waals surface area contributed by atoms with Gasteiger partial charge in [-0.1, -0.05) is 58.0 Å². The Kier molecular flexibility index (Phi) is 2.41. The first-order valence-electron chi connectivity index (χ1n) is 6.03. The van der Waals surface area contributed by atoms with Crippen molar-refractivity contribution >= 4 is 0 Å². The highest BCUT2D eigenvalue weighted by atomic mass is 14.6. The summed E-state index contributed by atoms with van der Waals surface area (Å²) >= 11 is 0. The minimum Gasteiger partial charge on any atom is -0.0627 e. The lowest BCUT2D eigenvalue weighted by molar-refractivity contribution is 0.405. The van der Waals surface area contributed by atoms with Gasteiger partial charge in [-0.05, 0) is 29.7 Å². The fourth-order valence-electron chi connectivity index (χ4n) is 3.12. The highest BCUT2D eigenvalue weighted by Gasteiger charge is 2.61. The Bertz CT molecular complexity index is 334. The second-order valence-electron chi connectivity index (χ2n) is 6.11. The quantitative estimate of drug-likeness (QED) is 0.681. The maximum atomic E-state index is 2.41. The summed E-state index contributed by atoms with van der Waals surface area (Å²) in [5.41, 5.74) is 2.50. The van der Waals surface area contributed by atoms with E-state index in [1.807, 2.05) is 0 Å². The van der Waals surface area contributed by atoms with E-state index in [0.29, 0.717) is 10.8 Å². The van der Waals surface area contributed by atoms with E-state index >= 15 is 0 Å². The van der Waals surface area contributed by atoms with Crippen molar-refractivity contribution in [1.82, 2.24) is 0 Å². The van der Waals surface area contributed by atoms with E-state index in [4.69, 9.17) is 0 Å². The zero-order valence-corrected chi connectivity index (χ0v) is 10.4. The Balaban J connectivity index is 2.31. The van der Waals surface area contributed by atoms with Crippen LogP contribution >= 0.6 is 0 Å². The van der Waals surface area contributed by atoms with Crippen LogP contribution in [0.3, 0.4) is 0 Å². The summed E-state index contributed by atoms with van der Waals surface area (Å²) < 4.78 is 0. The van der Waals surface area contributed by atoms with Crippen LogP contribution in [0.25, 0.3) is 0 Å². The van der Waals surface area contributed by atoms with Crippen molar-refractivity contribution < 1.29 is 0 Å². The maximum absolute atomic E-state index is 2.41.